The number of terminal acetylenes is 1. The van der Waals surface area contributed by atoms with Crippen molar-refractivity contribution in [1.82, 2.24) is 5.32 Å². The van der Waals surface area contributed by atoms with Crippen molar-refractivity contribution in [2.75, 3.05) is 6.54 Å². The lowest BCUT2D eigenvalue weighted by Gasteiger charge is -2.05. The number of hydrogen-bond acceptors (Lipinski definition) is 2. The van der Waals surface area contributed by atoms with Crippen molar-refractivity contribution in [2.24, 2.45) is 0 Å². The van der Waals surface area contributed by atoms with E-state index in [9.17, 15) is 4.79 Å². The monoisotopic (exact) mass is 207 g/mol. The Balaban J connectivity index is 2.80. The SMILES string of the molecule is C#CCNC(=O)c1sccc1C(C)C. The molecule has 0 aliphatic heterocycles. The predicted molar refractivity (Wildman–Crippen MR) is 59.6 cm³/mol. The third kappa shape index (κ3) is 2.36. The minimum atomic E-state index is -0.0679. The minimum absolute atomic E-state index is 0.0679. The first kappa shape index (κ1) is 10.8. The number of thiophene rings is 1. The smallest absolute Gasteiger partial charge is 0.262 e. The van der Waals surface area contributed by atoms with E-state index in [1.54, 1.807) is 0 Å². The van der Waals surface area contributed by atoms with Crippen molar-refractivity contribution in [3.05, 3.63) is 21.9 Å². The van der Waals surface area contributed by atoms with Gasteiger partial charge in [0.1, 0.15) is 0 Å². The van der Waals surface area contributed by atoms with Crippen molar-refractivity contribution >= 4 is 17.2 Å². The molecule has 0 aliphatic carbocycles. The van der Waals surface area contributed by atoms with Gasteiger partial charge in [0.25, 0.3) is 5.91 Å². The van der Waals surface area contributed by atoms with E-state index in [4.69, 9.17) is 6.42 Å². The predicted octanol–water partition coefficient (Wildman–Crippen LogP) is 2.23. The van der Waals surface area contributed by atoms with Gasteiger partial charge in [-0.3, -0.25) is 4.79 Å². The Labute approximate surface area is 88.3 Å². The van der Waals surface area contributed by atoms with Crippen molar-refractivity contribution < 1.29 is 4.79 Å². The molecule has 0 spiro atoms. The summed E-state index contributed by atoms with van der Waals surface area (Å²) in [5.74, 6) is 2.68. The molecular weight excluding hydrogens is 194 g/mol. The molecule has 0 fully saturated rings. The molecule has 0 atom stereocenters. The zero-order valence-corrected chi connectivity index (χ0v) is 9.15. The fourth-order valence-electron chi connectivity index (χ4n) is 1.17. The van der Waals surface area contributed by atoms with Crippen LogP contribution in [0.1, 0.15) is 35.0 Å². The summed E-state index contributed by atoms with van der Waals surface area (Å²) in [7, 11) is 0. The highest BCUT2D eigenvalue weighted by Gasteiger charge is 2.14. The molecule has 1 aromatic rings. The number of rotatable bonds is 3. The van der Waals surface area contributed by atoms with Crippen LogP contribution in [0.2, 0.25) is 0 Å². The topological polar surface area (TPSA) is 29.1 Å². The third-order valence-corrected chi connectivity index (χ3v) is 2.80. The zero-order chi connectivity index (χ0) is 10.6. The molecule has 0 bridgehead atoms. The van der Waals surface area contributed by atoms with Crippen molar-refractivity contribution in [3.63, 3.8) is 0 Å². The van der Waals surface area contributed by atoms with Crippen LogP contribution in [0.4, 0.5) is 0 Å². The van der Waals surface area contributed by atoms with Gasteiger partial charge in [-0.2, -0.15) is 0 Å². The molecule has 1 heterocycles. The lowest BCUT2D eigenvalue weighted by molar-refractivity contribution is 0.0961. The molecule has 1 N–H and O–H groups in total. The quantitative estimate of drug-likeness (QED) is 0.757. The second-order valence-electron chi connectivity index (χ2n) is 3.25. The number of nitrogens with one attached hydrogen (secondary N) is 1. The lowest BCUT2D eigenvalue weighted by atomic mass is 10.0. The van der Waals surface area contributed by atoms with E-state index in [0.717, 1.165) is 10.4 Å². The summed E-state index contributed by atoms with van der Waals surface area (Å²) in [6.07, 6.45) is 5.07. The minimum Gasteiger partial charge on any atom is -0.340 e. The van der Waals surface area contributed by atoms with Gasteiger partial charge >= 0.3 is 0 Å². The van der Waals surface area contributed by atoms with Crippen LogP contribution in [-0.4, -0.2) is 12.5 Å². The molecule has 0 aliphatic rings. The van der Waals surface area contributed by atoms with Crippen molar-refractivity contribution in [1.29, 1.82) is 0 Å². The van der Waals surface area contributed by atoms with E-state index in [1.807, 2.05) is 11.4 Å². The van der Waals surface area contributed by atoms with Crippen LogP contribution < -0.4 is 5.32 Å². The van der Waals surface area contributed by atoms with Gasteiger partial charge in [-0.15, -0.1) is 17.8 Å². The number of carbonyl (C=O) groups excluding carboxylic acids is 1. The number of amides is 1. The van der Waals surface area contributed by atoms with E-state index in [1.165, 1.54) is 11.3 Å². The van der Waals surface area contributed by atoms with Gasteiger partial charge in [0.15, 0.2) is 0 Å². The van der Waals surface area contributed by atoms with Crippen LogP contribution in [0.5, 0.6) is 0 Å². The second-order valence-corrected chi connectivity index (χ2v) is 4.16. The van der Waals surface area contributed by atoms with Crippen molar-refractivity contribution in [2.45, 2.75) is 19.8 Å². The van der Waals surface area contributed by atoms with Gasteiger partial charge in [0, 0.05) is 0 Å². The van der Waals surface area contributed by atoms with Gasteiger partial charge in [0.05, 0.1) is 11.4 Å². The summed E-state index contributed by atoms with van der Waals surface area (Å²) in [6.45, 7) is 4.42. The van der Waals surface area contributed by atoms with Crippen LogP contribution in [0.15, 0.2) is 11.4 Å². The Kier molecular flexibility index (Phi) is 3.73. The molecule has 0 aromatic carbocycles. The van der Waals surface area contributed by atoms with Crippen LogP contribution in [0.25, 0.3) is 0 Å². The molecule has 0 radical (unpaired) electrons. The lowest BCUT2D eigenvalue weighted by Crippen LogP contribution is -2.23. The first-order valence-corrected chi connectivity index (χ1v) is 5.33. The second kappa shape index (κ2) is 4.83. The summed E-state index contributed by atoms with van der Waals surface area (Å²) in [5, 5.41) is 4.60. The van der Waals surface area contributed by atoms with Gasteiger partial charge < -0.3 is 5.32 Å². The summed E-state index contributed by atoms with van der Waals surface area (Å²) < 4.78 is 0. The van der Waals surface area contributed by atoms with E-state index >= 15 is 0 Å². The largest absolute Gasteiger partial charge is 0.340 e. The molecule has 1 aromatic heterocycles. The molecule has 0 saturated heterocycles. The van der Waals surface area contributed by atoms with E-state index in [-0.39, 0.29) is 12.5 Å². The van der Waals surface area contributed by atoms with Crippen LogP contribution in [0.3, 0.4) is 0 Å². The summed E-state index contributed by atoms with van der Waals surface area (Å²) in [4.78, 5) is 12.4. The molecular formula is C11H13NOS. The Bertz CT molecular complexity index is 360. The normalized spacial score (nSPS) is 9.86. The molecule has 0 saturated carbocycles. The van der Waals surface area contributed by atoms with E-state index in [0.29, 0.717) is 5.92 Å². The maximum atomic E-state index is 11.6. The Morgan fingerprint density at radius 3 is 3.00 bits per heavy atom. The fourth-order valence-corrected chi connectivity index (χ4v) is 2.14. The summed E-state index contributed by atoms with van der Waals surface area (Å²) >= 11 is 1.46. The molecule has 14 heavy (non-hydrogen) atoms. The average Bonchev–Trinajstić information content (AvgIpc) is 2.62. The maximum Gasteiger partial charge on any atom is 0.262 e. The fraction of sp³-hybridized carbons (Fsp3) is 0.364. The maximum absolute atomic E-state index is 11.6. The van der Waals surface area contributed by atoms with Gasteiger partial charge in [0.2, 0.25) is 0 Å². The first-order valence-electron chi connectivity index (χ1n) is 4.46. The first-order chi connectivity index (χ1) is 6.66. The Hall–Kier alpha value is -1.27. The summed E-state index contributed by atoms with van der Waals surface area (Å²) in [6, 6.07) is 1.99. The van der Waals surface area contributed by atoms with Crippen LogP contribution in [0, 0.1) is 12.3 Å². The Morgan fingerprint density at radius 2 is 2.43 bits per heavy atom. The van der Waals surface area contributed by atoms with Gasteiger partial charge in [-0.1, -0.05) is 19.8 Å². The molecule has 1 rings (SSSR count). The van der Waals surface area contributed by atoms with E-state index in [2.05, 4.69) is 25.1 Å². The molecule has 1 amide bonds. The third-order valence-electron chi connectivity index (χ3n) is 1.87. The van der Waals surface area contributed by atoms with E-state index < -0.39 is 0 Å². The average molecular weight is 207 g/mol. The number of hydrogen-bond donors (Lipinski definition) is 1. The molecule has 3 heteroatoms. The number of carbonyl (C=O) groups is 1. The zero-order valence-electron chi connectivity index (χ0n) is 8.33. The highest BCUT2D eigenvalue weighted by atomic mass is 32.1. The highest BCUT2D eigenvalue weighted by molar-refractivity contribution is 7.12. The Morgan fingerprint density at radius 1 is 1.71 bits per heavy atom. The van der Waals surface area contributed by atoms with Gasteiger partial charge in [-0.05, 0) is 22.9 Å². The van der Waals surface area contributed by atoms with Crippen LogP contribution in [-0.2, 0) is 0 Å². The van der Waals surface area contributed by atoms with Crippen LogP contribution >= 0.6 is 11.3 Å². The van der Waals surface area contributed by atoms with Crippen molar-refractivity contribution in [3.8, 4) is 12.3 Å². The molecule has 74 valence electrons. The highest BCUT2D eigenvalue weighted by Crippen LogP contribution is 2.24. The standard InChI is InChI=1S/C11H13NOS/c1-4-6-12-11(13)10-9(8(2)3)5-7-14-10/h1,5,7-8H,6H2,2-3H3,(H,12,13). The van der Waals surface area contributed by atoms with Gasteiger partial charge in [-0.25, -0.2) is 0 Å². The molecule has 0 unspecified atom stereocenters. The summed E-state index contributed by atoms with van der Waals surface area (Å²) in [5.41, 5.74) is 1.09. The molecule has 2 nitrogen and oxygen atoms in total.